The molecule has 2 unspecified atom stereocenters. The van der Waals surface area contributed by atoms with Crippen molar-refractivity contribution in [3.63, 3.8) is 0 Å². The van der Waals surface area contributed by atoms with Gasteiger partial charge in [0.1, 0.15) is 6.54 Å². The van der Waals surface area contributed by atoms with E-state index in [1.54, 1.807) is 12.1 Å². The predicted octanol–water partition coefficient (Wildman–Crippen LogP) is 1.09. The Kier molecular flexibility index (Phi) is 5.75. The zero-order valence-electron chi connectivity index (χ0n) is 18.3. The minimum Gasteiger partial charge on any atom is -0.624 e. The van der Waals surface area contributed by atoms with Gasteiger partial charge >= 0.3 is 5.91 Å². The van der Waals surface area contributed by atoms with Crippen LogP contribution < -0.4 is 16.0 Å². The van der Waals surface area contributed by atoms with E-state index in [9.17, 15) is 19.6 Å². The van der Waals surface area contributed by atoms with Crippen molar-refractivity contribution in [1.29, 1.82) is 0 Å². The second-order valence-electron chi connectivity index (χ2n) is 9.49. The number of hydrogen-bond acceptors (Lipinski definition) is 7. The molecular formula is C23H31N5O4. The molecule has 32 heavy (non-hydrogen) atoms. The second-order valence-corrected chi connectivity index (χ2v) is 9.49. The lowest BCUT2D eigenvalue weighted by molar-refractivity contribution is -0.825. The molecule has 0 aromatic heterocycles. The molecule has 172 valence electrons. The van der Waals surface area contributed by atoms with Crippen LogP contribution in [0.2, 0.25) is 0 Å². The molecule has 0 spiro atoms. The summed E-state index contributed by atoms with van der Waals surface area (Å²) in [6.07, 6.45) is 4.64. The van der Waals surface area contributed by atoms with E-state index in [1.807, 2.05) is 6.07 Å². The monoisotopic (exact) mass is 441 g/mol. The van der Waals surface area contributed by atoms with Crippen molar-refractivity contribution < 1.29 is 19.0 Å². The maximum absolute atomic E-state index is 13.6. The van der Waals surface area contributed by atoms with Crippen LogP contribution in [0.3, 0.4) is 0 Å². The highest BCUT2D eigenvalue weighted by atomic mass is 16.6. The minimum absolute atomic E-state index is 0.0719. The average molecular weight is 442 g/mol. The molecule has 1 aromatic rings. The predicted molar refractivity (Wildman–Crippen MR) is 118 cm³/mol. The quantitative estimate of drug-likeness (QED) is 0.364. The van der Waals surface area contributed by atoms with Crippen LogP contribution >= 0.6 is 0 Å². The first kappa shape index (κ1) is 21.5. The number of rotatable bonds is 4. The van der Waals surface area contributed by atoms with E-state index >= 15 is 0 Å². The highest BCUT2D eigenvalue weighted by Crippen LogP contribution is 2.38. The molecule has 3 saturated heterocycles. The molecule has 4 aliphatic rings. The minimum atomic E-state index is -1.23. The summed E-state index contributed by atoms with van der Waals surface area (Å²) in [5.74, 6) is -1.61. The maximum Gasteiger partial charge on any atom is 0.347 e. The molecule has 3 amide bonds. The number of carbonyl (C=O) groups is 3. The van der Waals surface area contributed by atoms with Gasteiger partial charge in [0, 0.05) is 49.3 Å². The molecule has 0 aliphatic carbocycles. The normalized spacial score (nSPS) is 30.3. The van der Waals surface area contributed by atoms with Crippen LogP contribution in [0.15, 0.2) is 18.2 Å². The molecule has 4 aliphatic heterocycles. The molecule has 2 atom stereocenters. The second kappa shape index (κ2) is 8.55. The summed E-state index contributed by atoms with van der Waals surface area (Å²) in [7, 11) is 0. The first-order valence-corrected chi connectivity index (χ1v) is 11.8. The van der Waals surface area contributed by atoms with E-state index < -0.39 is 22.5 Å². The summed E-state index contributed by atoms with van der Waals surface area (Å²) in [6, 6.07) is 5.27. The standard InChI is InChI=1S/C23H31N5O4/c29-21-5-4-20(22(30)26-21)28(32)14-18-17(23(28)31)2-1-3-19(18)25-15-8-12-27(13-9-15)16-6-10-24-11-7-16/h1-3,15-16,20,24-25H,4-14H2,(H,26,29,30). The van der Waals surface area contributed by atoms with Crippen molar-refractivity contribution in [3.8, 4) is 0 Å². The molecule has 9 heteroatoms. The van der Waals surface area contributed by atoms with E-state index in [2.05, 4.69) is 20.9 Å². The fourth-order valence-electron chi connectivity index (χ4n) is 5.74. The van der Waals surface area contributed by atoms with Gasteiger partial charge in [-0.2, -0.15) is 0 Å². The first-order valence-electron chi connectivity index (χ1n) is 11.8. The van der Waals surface area contributed by atoms with Crippen LogP contribution in [0, 0.1) is 5.21 Å². The van der Waals surface area contributed by atoms with Gasteiger partial charge in [-0.1, -0.05) is 6.07 Å². The number of benzene rings is 1. The van der Waals surface area contributed by atoms with Gasteiger partial charge in [-0.25, -0.2) is 4.79 Å². The fourth-order valence-corrected chi connectivity index (χ4v) is 5.74. The number of imide groups is 1. The Bertz CT molecular complexity index is 923. The van der Waals surface area contributed by atoms with Crippen LogP contribution in [0.25, 0.3) is 0 Å². The van der Waals surface area contributed by atoms with Crippen LogP contribution in [0.1, 0.15) is 54.4 Å². The number of hydroxylamine groups is 3. The zero-order chi connectivity index (χ0) is 22.3. The molecule has 5 rings (SSSR count). The van der Waals surface area contributed by atoms with Gasteiger partial charge in [0.2, 0.25) is 5.91 Å². The lowest BCUT2D eigenvalue weighted by Crippen LogP contribution is -2.60. The Balaban J connectivity index is 1.27. The number of fused-ring (bicyclic) bond motifs is 1. The smallest absolute Gasteiger partial charge is 0.347 e. The summed E-state index contributed by atoms with van der Waals surface area (Å²) >= 11 is 0. The third-order valence-electron chi connectivity index (χ3n) is 7.57. The lowest BCUT2D eigenvalue weighted by atomic mass is 9.98. The Morgan fingerprint density at radius 2 is 1.78 bits per heavy atom. The number of quaternary nitrogens is 1. The topological polar surface area (TPSA) is 114 Å². The first-order chi connectivity index (χ1) is 15.5. The average Bonchev–Trinajstić information content (AvgIpc) is 3.07. The number of anilines is 1. The maximum atomic E-state index is 13.6. The molecule has 0 radical (unpaired) electrons. The molecule has 9 nitrogen and oxygen atoms in total. The van der Waals surface area contributed by atoms with Crippen molar-refractivity contribution in [2.75, 3.05) is 31.5 Å². The molecule has 1 aromatic carbocycles. The number of amides is 3. The number of carbonyl (C=O) groups excluding carboxylic acids is 3. The zero-order valence-corrected chi connectivity index (χ0v) is 18.3. The van der Waals surface area contributed by atoms with E-state index in [4.69, 9.17) is 0 Å². The molecular weight excluding hydrogens is 410 g/mol. The summed E-state index contributed by atoms with van der Waals surface area (Å²) in [5, 5.41) is 22.8. The van der Waals surface area contributed by atoms with E-state index in [0.717, 1.165) is 44.7 Å². The number of nitrogens with one attached hydrogen (secondary N) is 3. The summed E-state index contributed by atoms with van der Waals surface area (Å²) < 4.78 is -1.23. The van der Waals surface area contributed by atoms with Crippen molar-refractivity contribution >= 4 is 23.4 Å². The highest BCUT2D eigenvalue weighted by Gasteiger charge is 2.50. The molecule has 3 fully saturated rings. The third kappa shape index (κ3) is 3.83. The number of piperidine rings is 3. The lowest BCUT2D eigenvalue weighted by Gasteiger charge is -2.42. The van der Waals surface area contributed by atoms with Gasteiger partial charge in [0.15, 0.2) is 6.04 Å². The van der Waals surface area contributed by atoms with E-state index in [1.165, 1.54) is 12.8 Å². The van der Waals surface area contributed by atoms with Gasteiger partial charge in [-0.3, -0.25) is 19.6 Å². The van der Waals surface area contributed by atoms with Gasteiger partial charge in [0.25, 0.3) is 5.91 Å². The van der Waals surface area contributed by atoms with Gasteiger partial charge in [0.05, 0.1) is 5.56 Å². The largest absolute Gasteiger partial charge is 0.624 e. The van der Waals surface area contributed by atoms with Crippen molar-refractivity contribution in [2.45, 2.75) is 63.2 Å². The van der Waals surface area contributed by atoms with Crippen LogP contribution in [-0.4, -0.2) is 71.6 Å². The number of nitrogens with zero attached hydrogens (tertiary/aromatic N) is 2. The van der Waals surface area contributed by atoms with E-state index in [0.29, 0.717) is 23.2 Å². The summed E-state index contributed by atoms with van der Waals surface area (Å²) in [6.45, 7) is 4.21. The van der Waals surface area contributed by atoms with Crippen molar-refractivity contribution in [1.82, 2.24) is 15.5 Å². The van der Waals surface area contributed by atoms with Gasteiger partial charge in [-0.15, -0.1) is 0 Å². The molecule has 3 N–H and O–H groups in total. The Hall–Kier alpha value is -2.33. The Morgan fingerprint density at radius 1 is 1.03 bits per heavy atom. The number of likely N-dealkylation sites (tertiary alicyclic amines) is 1. The number of hydrogen-bond donors (Lipinski definition) is 3. The molecule has 0 bridgehead atoms. The fraction of sp³-hybridized carbons (Fsp3) is 0.609. The van der Waals surface area contributed by atoms with Crippen LogP contribution in [-0.2, 0) is 16.1 Å². The SMILES string of the molecule is O=C1CCC([N+]2([O-])Cc3c(NC4CCN(C5CCNCC5)CC4)cccc3C2=O)C(=O)N1. The van der Waals surface area contributed by atoms with Crippen molar-refractivity contribution in [2.24, 2.45) is 0 Å². The van der Waals surface area contributed by atoms with E-state index in [-0.39, 0.29) is 25.3 Å². The molecule has 4 heterocycles. The third-order valence-corrected chi connectivity index (χ3v) is 7.57. The summed E-state index contributed by atoms with van der Waals surface area (Å²) in [4.78, 5) is 39.5. The Morgan fingerprint density at radius 3 is 2.50 bits per heavy atom. The summed E-state index contributed by atoms with van der Waals surface area (Å²) in [5.41, 5.74) is 1.90. The van der Waals surface area contributed by atoms with Gasteiger partial charge < -0.3 is 20.7 Å². The van der Waals surface area contributed by atoms with Crippen LogP contribution in [0.4, 0.5) is 5.69 Å². The van der Waals surface area contributed by atoms with Crippen molar-refractivity contribution in [3.05, 3.63) is 34.5 Å². The Labute approximate surface area is 187 Å². The molecule has 0 saturated carbocycles. The van der Waals surface area contributed by atoms with Gasteiger partial charge in [-0.05, 0) is 50.9 Å². The highest BCUT2D eigenvalue weighted by molar-refractivity contribution is 6.02. The van der Waals surface area contributed by atoms with Crippen LogP contribution in [0.5, 0.6) is 0 Å².